The van der Waals surface area contributed by atoms with Crippen LogP contribution in [-0.4, -0.2) is 4.98 Å². The lowest BCUT2D eigenvalue weighted by Crippen LogP contribution is -1.92. The minimum absolute atomic E-state index is 0.604. The van der Waals surface area contributed by atoms with Crippen LogP contribution in [0.15, 0.2) is 39.3 Å². The molecule has 2 aromatic rings. The molecule has 0 aliphatic heterocycles. The Morgan fingerprint density at radius 1 is 1.06 bits per heavy atom. The van der Waals surface area contributed by atoms with E-state index in [1.54, 1.807) is 0 Å². The maximum absolute atomic E-state index is 5.76. The molecule has 0 spiro atoms. The van der Waals surface area contributed by atoms with Crippen molar-refractivity contribution in [2.24, 2.45) is 0 Å². The van der Waals surface area contributed by atoms with Crippen LogP contribution in [0.25, 0.3) is 0 Å². The maximum Gasteiger partial charge on any atom is 0.219 e. The van der Waals surface area contributed by atoms with E-state index >= 15 is 0 Å². The molecule has 0 bridgehead atoms. The Hall–Kier alpha value is -0.870. The first-order valence-corrected chi connectivity index (χ1v) is 6.72. The largest absolute Gasteiger partial charge is 0.439 e. The van der Waals surface area contributed by atoms with Crippen molar-refractivity contribution in [3.05, 3.63) is 50.5 Å². The summed E-state index contributed by atoms with van der Waals surface area (Å²) in [6.45, 7) is 3.94. The Labute approximate surface area is 117 Å². The van der Waals surface area contributed by atoms with E-state index in [1.807, 2.05) is 44.2 Å². The van der Waals surface area contributed by atoms with Gasteiger partial charge in [0.2, 0.25) is 5.88 Å². The van der Waals surface area contributed by atoms with Crippen LogP contribution in [0.5, 0.6) is 11.6 Å². The van der Waals surface area contributed by atoms with Crippen molar-refractivity contribution in [2.45, 2.75) is 13.8 Å². The summed E-state index contributed by atoms with van der Waals surface area (Å²) in [5.41, 5.74) is 1.99. The molecule has 0 radical (unpaired) electrons. The summed E-state index contributed by atoms with van der Waals surface area (Å²) in [5, 5.41) is 0. The quantitative estimate of drug-likeness (QED) is 0.754. The fourth-order valence-corrected chi connectivity index (χ4v) is 1.94. The van der Waals surface area contributed by atoms with Crippen LogP contribution in [0.3, 0.4) is 0 Å². The molecule has 4 heteroatoms. The van der Waals surface area contributed by atoms with Crippen LogP contribution in [0.4, 0.5) is 0 Å². The minimum Gasteiger partial charge on any atom is -0.439 e. The fourth-order valence-electron chi connectivity index (χ4n) is 1.37. The molecule has 1 aromatic carbocycles. The van der Waals surface area contributed by atoms with Crippen LogP contribution in [-0.2, 0) is 0 Å². The van der Waals surface area contributed by atoms with Gasteiger partial charge in [0.1, 0.15) is 5.75 Å². The van der Waals surface area contributed by atoms with Gasteiger partial charge in [-0.25, -0.2) is 4.98 Å². The first kappa shape index (κ1) is 12.6. The maximum atomic E-state index is 5.76. The zero-order valence-corrected chi connectivity index (χ0v) is 12.7. The summed E-state index contributed by atoms with van der Waals surface area (Å²) in [5.74, 6) is 1.42. The number of aromatic nitrogens is 1. The highest BCUT2D eigenvalue weighted by molar-refractivity contribution is 9.10. The van der Waals surface area contributed by atoms with Crippen molar-refractivity contribution < 1.29 is 4.74 Å². The predicted molar refractivity (Wildman–Crippen MR) is 75.6 cm³/mol. The number of hydrogen-bond acceptors (Lipinski definition) is 2. The second-order valence-electron chi connectivity index (χ2n) is 3.73. The van der Waals surface area contributed by atoms with Crippen molar-refractivity contribution in [1.29, 1.82) is 0 Å². The summed E-state index contributed by atoms with van der Waals surface area (Å²) >= 11 is 6.84. The van der Waals surface area contributed by atoms with E-state index in [1.165, 1.54) is 0 Å². The van der Waals surface area contributed by atoms with Gasteiger partial charge in [-0.15, -0.1) is 0 Å². The Bertz CT molecular complexity index is 555. The molecule has 0 amide bonds. The van der Waals surface area contributed by atoms with E-state index in [0.29, 0.717) is 5.88 Å². The lowest BCUT2D eigenvalue weighted by atomic mass is 10.2. The van der Waals surface area contributed by atoms with E-state index < -0.39 is 0 Å². The van der Waals surface area contributed by atoms with Gasteiger partial charge in [-0.2, -0.15) is 0 Å². The van der Waals surface area contributed by atoms with Crippen molar-refractivity contribution in [3.63, 3.8) is 0 Å². The third kappa shape index (κ3) is 3.07. The smallest absolute Gasteiger partial charge is 0.219 e. The van der Waals surface area contributed by atoms with Crippen LogP contribution in [0, 0.1) is 13.8 Å². The average Bonchev–Trinajstić information content (AvgIpc) is 2.29. The third-order valence-corrected chi connectivity index (χ3v) is 3.69. The molecule has 2 rings (SSSR count). The highest BCUT2D eigenvalue weighted by Crippen LogP contribution is 2.28. The molecular weight excluding hydrogens is 346 g/mol. The molecule has 1 heterocycles. The van der Waals surface area contributed by atoms with Crippen LogP contribution in [0.2, 0.25) is 0 Å². The van der Waals surface area contributed by atoms with Crippen molar-refractivity contribution >= 4 is 31.9 Å². The molecule has 0 aliphatic rings. The summed E-state index contributed by atoms with van der Waals surface area (Å²) in [6, 6.07) is 9.71. The lowest BCUT2D eigenvalue weighted by molar-refractivity contribution is 0.457. The molecule has 0 saturated carbocycles. The normalized spacial score (nSPS) is 10.4. The van der Waals surface area contributed by atoms with Gasteiger partial charge in [-0.1, -0.05) is 22.0 Å². The van der Waals surface area contributed by atoms with Crippen molar-refractivity contribution in [1.82, 2.24) is 4.98 Å². The molecular formula is C13H11Br2NO. The molecule has 0 unspecified atom stereocenters. The first-order chi connectivity index (χ1) is 8.06. The van der Waals surface area contributed by atoms with Crippen LogP contribution >= 0.6 is 31.9 Å². The number of pyridine rings is 1. The molecule has 88 valence electrons. The van der Waals surface area contributed by atoms with Crippen molar-refractivity contribution in [3.8, 4) is 11.6 Å². The zero-order valence-electron chi connectivity index (χ0n) is 9.50. The Kier molecular flexibility index (Phi) is 3.84. The Morgan fingerprint density at radius 3 is 2.53 bits per heavy atom. The van der Waals surface area contributed by atoms with Crippen LogP contribution < -0.4 is 4.74 Å². The van der Waals surface area contributed by atoms with Gasteiger partial charge in [0.05, 0.1) is 5.69 Å². The summed E-state index contributed by atoms with van der Waals surface area (Å²) < 4.78 is 7.74. The minimum atomic E-state index is 0.604. The molecule has 0 N–H and O–H groups in total. The monoisotopic (exact) mass is 355 g/mol. The molecule has 0 fully saturated rings. The second-order valence-corrected chi connectivity index (χ2v) is 5.50. The van der Waals surface area contributed by atoms with Crippen molar-refractivity contribution in [2.75, 3.05) is 0 Å². The van der Waals surface area contributed by atoms with E-state index in [2.05, 4.69) is 36.8 Å². The number of aryl methyl sites for hydroxylation is 2. The molecule has 17 heavy (non-hydrogen) atoms. The van der Waals surface area contributed by atoms with Gasteiger partial charge in [0.15, 0.2) is 0 Å². The highest BCUT2D eigenvalue weighted by Gasteiger charge is 2.05. The lowest BCUT2D eigenvalue weighted by Gasteiger charge is -2.09. The van der Waals surface area contributed by atoms with Gasteiger partial charge in [0, 0.05) is 15.0 Å². The van der Waals surface area contributed by atoms with Gasteiger partial charge in [-0.3, -0.25) is 0 Å². The van der Waals surface area contributed by atoms with Crippen LogP contribution in [0.1, 0.15) is 11.3 Å². The molecule has 1 aromatic heterocycles. The van der Waals surface area contributed by atoms with Gasteiger partial charge >= 0.3 is 0 Å². The summed E-state index contributed by atoms with van der Waals surface area (Å²) in [7, 11) is 0. The Morgan fingerprint density at radius 2 is 1.82 bits per heavy atom. The third-order valence-electron chi connectivity index (χ3n) is 2.36. The van der Waals surface area contributed by atoms with E-state index in [9.17, 15) is 0 Å². The number of hydrogen-bond donors (Lipinski definition) is 0. The topological polar surface area (TPSA) is 22.1 Å². The zero-order chi connectivity index (χ0) is 12.4. The predicted octanol–water partition coefficient (Wildman–Crippen LogP) is 5.02. The number of benzene rings is 1. The molecule has 0 aliphatic carbocycles. The number of ether oxygens (including phenoxy) is 1. The standard InChI is InChI=1S/C13H11Br2NO/c1-8-3-4-10(14)7-12(8)17-13-6-5-11(15)9(2)16-13/h3-7H,1-2H3. The molecule has 2 nitrogen and oxygen atoms in total. The first-order valence-electron chi connectivity index (χ1n) is 5.13. The Balaban J connectivity index is 2.31. The highest BCUT2D eigenvalue weighted by atomic mass is 79.9. The van der Waals surface area contributed by atoms with Gasteiger partial charge in [-0.05, 0) is 53.5 Å². The SMILES string of the molecule is Cc1ccc(Br)cc1Oc1ccc(Br)c(C)n1. The number of nitrogens with zero attached hydrogens (tertiary/aromatic N) is 1. The number of halogens is 2. The van der Waals surface area contributed by atoms with Gasteiger partial charge in [0.25, 0.3) is 0 Å². The average molecular weight is 357 g/mol. The fraction of sp³-hybridized carbons (Fsp3) is 0.154. The molecule has 0 saturated heterocycles. The van der Waals surface area contributed by atoms with E-state index in [4.69, 9.17) is 4.74 Å². The number of rotatable bonds is 2. The summed E-state index contributed by atoms with van der Waals surface area (Å²) in [6.07, 6.45) is 0. The van der Waals surface area contributed by atoms with Gasteiger partial charge < -0.3 is 4.74 Å². The van der Waals surface area contributed by atoms with E-state index in [0.717, 1.165) is 26.0 Å². The van der Waals surface area contributed by atoms with E-state index in [-0.39, 0.29) is 0 Å². The summed E-state index contributed by atoms with van der Waals surface area (Å²) in [4.78, 5) is 4.35. The molecule has 0 atom stereocenters. The second kappa shape index (κ2) is 5.19.